The molecular formula is C14H8ClN2O2. The number of halogens is 1. The van der Waals surface area contributed by atoms with Crippen molar-refractivity contribution >= 4 is 34.5 Å². The average Bonchev–Trinajstić information content (AvgIpc) is 2.46. The van der Waals surface area contributed by atoms with Gasteiger partial charge in [-0.2, -0.15) is 10.2 Å². The quantitative estimate of drug-likeness (QED) is 0.625. The second kappa shape index (κ2) is 6.02. The smallest absolute Gasteiger partial charge is 0.252 e. The van der Waals surface area contributed by atoms with Gasteiger partial charge in [0.05, 0.1) is 11.4 Å². The lowest BCUT2D eigenvalue weighted by molar-refractivity contribution is 0.108. The van der Waals surface area contributed by atoms with E-state index in [-0.39, 0.29) is 0 Å². The van der Waals surface area contributed by atoms with Crippen molar-refractivity contribution in [2.75, 3.05) is 0 Å². The van der Waals surface area contributed by atoms with Gasteiger partial charge in [0.2, 0.25) is 6.29 Å². The monoisotopic (exact) mass is 271 g/mol. The van der Waals surface area contributed by atoms with E-state index in [1.165, 1.54) is 0 Å². The van der Waals surface area contributed by atoms with E-state index in [0.29, 0.717) is 22.5 Å². The van der Waals surface area contributed by atoms with E-state index in [9.17, 15) is 9.59 Å². The molecule has 0 aliphatic rings. The predicted molar refractivity (Wildman–Crippen MR) is 72.0 cm³/mol. The topological polar surface area (TPSA) is 58.9 Å². The van der Waals surface area contributed by atoms with Crippen molar-refractivity contribution < 1.29 is 9.59 Å². The molecule has 0 amide bonds. The molecule has 0 saturated heterocycles. The molecule has 19 heavy (non-hydrogen) atoms. The molecule has 2 aromatic rings. The Kier molecular flexibility index (Phi) is 4.15. The maximum atomic E-state index is 10.9. The number of carbonyl (C=O) groups excluding carboxylic acids is 2. The van der Waals surface area contributed by atoms with Crippen LogP contribution < -0.4 is 0 Å². The van der Waals surface area contributed by atoms with Crippen LogP contribution >= 0.6 is 11.6 Å². The molecule has 2 rings (SSSR count). The van der Waals surface area contributed by atoms with Crippen LogP contribution in [0.1, 0.15) is 15.9 Å². The molecule has 0 saturated carbocycles. The summed E-state index contributed by atoms with van der Waals surface area (Å²) in [5.41, 5.74) is 2.10. The van der Waals surface area contributed by atoms with Crippen LogP contribution in [0.3, 0.4) is 0 Å². The van der Waals surface area contributed by atoms with Crippen LogP contribution in [0.2, 0.25) is 0 Å². The lowest BCUT2D eigenvalue weighted by Gasteiger charge is -1.95. The van der Waals surface area contributed by atoms with Gasteiger partial charge in [0.25, 0.3) is 5.24 Å². The fourth-order valence-corrected chi connectivity index (χ4v) is 1.50. The van der Waals surface area contributed by atoms with Crippen LogP contribution in [0.15, 0.2) is 58.8 Å². The van der Waals surface area contributed by atoms with Crippen molar-refractivity contribution in [3.05, 3.63) is 59.7 Å². The average molecular weight is 272 g/mol. The first-order valence-corrected chi connectivity index (χ1v) is 5.77. The zero-order valence-electron chi connectivity index (χ0n) is 9.71. The lowest BCUT2D eigenvalue weighted by atomic mass is 10.2. The SMILES string of the molecule is O=[C]c1ccc(/N=N/c2ccc(C(=O)Cl)cc2)cc1. The van der Waals surface area contributed by atoms with Gasteiger partial charge in [0, 0.05) is 11.1 Å². The molecule has 5 heteroatoms. The first-order chi connectivity index (χ1) is 9.19. The predicted octanol–water partition coefficient (Wildman–Crippen LogP) is 3.94. The zero-order valence-corrected chi connectivity index (χ0v) is 10.5. The van der Waals surface area contributed by atoms with Crippen molar-refractivity contribution in [2.24, 2.45) is 10.2 Å². The third-order valence-corrected chi connectivity index (χ3v) is 2.58. The van der Waals surface area contributed by atoms with Gasteiger partial charge in [-0.25, -0.2) is 0 Å². The second-order valence-electron chi connectivity index (χ2n) is 3.67. The summed E-state index contributed by atoms with van der Waals surface area (Å²) in [7, 11) is 0. The Hall–Kier alpha value is -2.33. The van der Waals surface area contributed by atoms with E-state index in [4.69, 9.17) is 11.6 Å². The largest absolute Gasteiger partial charge is 0.285 e. The van der Waals surface area contributed by atoms with Crippen molar-refractivity contribution in [1.82, 2.24) is 0 Å². The minimum atomic E-state index is -0.510. The maximum absolute atomic E-state index is 10.9. The van der Waals surface area contributed by atoms with E-state index in [0.717, 1.165) is 0 Å². The third kappa shape index (κ3) is 3.56. The summed E-state index contributed by atoms with van der Waals surface area (Å²) in [6, 6.07) is 13.0. The summed E-state index contributed by atoms with van der Waals surface area (Å²) in [6.07, 6.45) is 1.78. The second-order valence-corrected chi connectivity index (χ2v) is 4.01. The third-order valence-electron chi connectivity index (χ3n) is 2.36. The Labute approximate surface area is 114 Å². The van der Waals surface area contributed by atoms with Crippen LogP contribution in [0.4, 0.5) is 11.4 Å². The Morgan fingerprint density at radius 3 is 1.79 bits per heavy atom. The Balaban J connectivity index is 2.12. The first kappa shape index (κ1) is 13.1. The lowest BCUT2D eigenvalue weighted by Crippen LogP contribution is -1.85. The van der Waals surface area contributed by atoms with Gasteiger partial charge in [0.15, 0.2) is 0 Å². The number of hydrogen-bond acceptors (Lipinski definition) is 4. The summed E-state index contributed by atoms with van der Waals surface area (Å²) >= 11 is 5.33. The Bertz CT molecular complexity index is 619. The summed E-state index contributed by atoms with van der Waals surface area (Å²) in [6.45, 7) is 0. The maximum Gasteiger partial charge on any atom is 0.252 e. The summed E-state index contributed by atoms with van der Waals surface area (Å²) in [4.78, 5) is 21.2. The molecule has 4 nitrogen and oxygen atoms in total. The summed E-state index contributed by atoms with van der Waals surface area (Å²) in [5.74, 6) is 0. The fraction of sp³-hybridized carbons (Fsp3) is 0. The highest BCUT2D eigenvalue weighted by Gasteiger charge is 2.00. The van der Waals surface area contributed by atoms with E-state index >= 15 is 0 Å². The van der Waals surface area contributed by atoms with E-state index < -0.39 is 5.24 Å². The zero-order chi connectivity index (χ0) is 13.7. The number of benzene rings is 2. The Morgan fingerprint density at radius 2 is 1.37 bits per heavy atom. The van der Waals surface area contributed by atoms with Crippen molar-refractivity contribution in [3.8, 4) is 0 Å². The molecule has 0 unspecified atom stereocenters. The molecule has 2 aromatic carbocycles. The molecule has 0 aromatic heterocycles. The minimum Gasteiger partial charge on any atom is -0.285 e. The molecule has 0 spiro atoms. The standard InChI is InChI=1S/C14H8ClN2O2/c15-14(19)11-3-7-13(8-4-11)17-16-12-5-1-10(9-18)2-6-12/h1-8H/b17-16+. The molecule has 0 aliphatic carbocycles. The van der Waals surface area contributed by atoms with Gasteiger partial charge in [0.1, 0.15) is 0 Å². The van der Waals surface area contributed by atoms with Crippen LogP contribution in [-0.2, 0) is 4.79 Å². The van der Waals surface area contributed by atoms with Crippen LogP contribution in [0, 0.1) is 0 Å². The van der Waals surface area contributed by atoms with Gasteiger partial charge < -0.3 is 0 Å². The van der Waals surface area contributed by atoms with E-state index in [2.05, 4.69) is 10.2 Å². The number of nitrogens with zero attached hydrogens (tertiary/aromatic N) is 2. The molecule has 0 heterocycles. The number of rotatable bonds is 4. The molecule has 93 valence electrons. The number of hydrogen-bond donors (Lipinski definition) is 0. The van der Waals surface area contributed by atoms with Gasteiger partial charge in [-0.15, -0.1) is 0 Å². The number of azo groups is 1. The molecule has 0 bridgehead atoms. The number of carbonyl (C=O) groups is 1. The van der Waals surface area contributed by atoms with Crippen LogP contribution in [-0.4, -0.2) is 11.5 Å². The molecule has 0 atom stereocenters. The highest BCUT2D eigenvalue weighted by Crippen LogP contribution is 2.19. The van der Waals surface area contributed by atoms with Gasteiger partial charge >= 0.3 is 0 Å². The molecule has 0 aliphatic heterocycles. The van der Waals surface area contributed by atoms with Crippen LogP contribution in [0.5, 0.6) is 0 Å². The highest BCUT2D eigenvalue weighted by atomic mass is 35.5. The van der Waals surface area contributed by atoms with Crippen molar-refractivity contribution in [3.63, 3.8) is 0 Å². The molecule has 0 N–H and O–H groups in total. The van der Waals surface area contributed by atoms with Crippen LogP contribution in [0.25, 0.3) is 0 Å². The van der Waals surface area contributed by atoms with Gasteiger partial charge in [-0.1, -0.05) is 0 Å². The van der Waals surface area contributed by atoms with Gasteiger partial charge in [-0.05, 0) is 60.1 Å². The van der Waals surface area contributed by atoms with E-state index in [1.54, 1.807) is 54.8 Å². The minimum absolute atomic E-state index is 0.409. The summed E-state index contributed by atoms with van der Waals surface area (Å²) in [5, 5.41) is 7.50. The Morgan fingerprint density at radius 1 is 0.895 bits per heavy atom. The molecule has 1 radical (unpaired) electrons. The normalized spacial score (nSPS) is 10.6. The molecular weight excluding hydrogens is 264 g/mol. The van der Waals surface area contributed by atoms with Gasteiger partial charge in [-0.3, -0.25) is 9.59 Å². The van der Waals surface area contributed by atoms with Crippen molar-refractivity contribution in [2.45, 2.75) is 0 Å². The van der Waals surface area contributed by atoms with Crippen molar-refractivity contribution in [1.29, 1.82) is 0 Å². The first-order valence-electron chi connectivity index (χ1n) is 5.39. The summed E-state index contributed by atoms with van der Waals surface area (Å²) < 4.78 is 0. The fourth-order valence-electron chi connectivity index (χ4n) is 1.37. The van der Waals surface area contributed by atoms with E-state index in [1.807, 2.05) is 0 Å². The highest BCUT2D eigenvalue weighted by molar-refractivity contribution is 6.67. The molecule has 0 fully saturated rings.